The number of allylic oxidation sites excluding steroid dienone is 1. The molecule has 10 heteroatoms. The number of hydrogen-bond donors (Lipinski definition) is 0. The van der Waals surface area contributed by atoms with Crippen LogP contribution in [0.2, 0.25) is 5.02 Å². The molecule has 0 saturated heterocycles. The summed E-state index contributed by atoms with van der Waals surface area (Å²) in [7, 11) is 0. The molecule has 192 valence electrons. The normalized spacial score (nSPS) is 15.2. The van der Waals surface area contributed by atoms with Crippen LogP contribution in [0.3, 0.4) is 0 Å². The number of nitrogens with zero attached hydrogens (tertiary/aromatic N) is 2. The molecule has 2 aromatic carbocycles. The van der Waals surface area contributed by atoms with Gasteiger partial charge in [-0.2, -0.15) is 0 Å². The summed E-state index contributed by atoms with van der Waals surface area (Å²) in [5.41, 5.74) is 1.71. The van der Waals surface area contributed by atoms with Crippen LogP contribution in [0.4, 0.5) is 0 Å². The number of fused-ring (bicyclic) bond motifs is 1. The highest BCUT2D eigenvalue weighted by atomic mass is 35.5. The second kappa shape index (κ2) is 11.1. The number of esters is 2. The van der Waals surface area contributed by atoms with E-state index in [4.69, 9.17) is 25.8 Å². The van der Waals surface area contributed by atoms with Crippen LogP contribution in [-0.4, -0.2) is 29.7 Å². The van der Waals surface area contributed by atoms with Gasteiger partial charge in [-0.15, -0.1) is 0 Å². The molecule has 0 N–H and O–H groups in total. The molecule has 0 fully saturated rings. The van der Waals surface area contributed by atoms with E-state index < -0.39 is 18.0 Å². The Labute approximate surface area is 222 Å². The van der Waals surface area contributed by atoms with Crippen LogP contribution in [-0.2, 0) is 14.3 Å². The summed E-state index contributed by atoms with van der Waals surface area (Å²) in [5.74, 6) is -0.510. The molecule has 0 aliphatic carbocycles. The topological polar surface area (TPSA) is 96.2 Å². The monoisotopic (exact) mass is 540 g/mol. The van der Waals surface area contributed by atoms with Gasteiger partial charge < -0.3 is 14.2 Å². The molecule has 0 saturated carbocycles. The molecule has 1 aliphatic heterocycles. The van der Waals surface area contributed by atoms with E-state index in [1.807, 2.05) is 6.07 Å². The summed E-state index contributed by atoms with van der Waals surface area (Å²) in [4.78, 5) is 43.4. The van der Waals surface area contributed by atoms with E-state index in [-0.39, 0.29) is 23.5 Å². The molecule has 8 nitrogen and oxygen atoms in total. The van der Waals surface area contributed by atoms with E-state index in [0.717, 1.165) is 5.56 Å². The predicted octanol–water partition coefficient (Wildman–Crippen LogP) is 3.78. The van der Waals surface area contributed by atoms with Crippen LogP contribution in [0.5, 0.6) is 11.5 Å². The van der Waals surface area contributed by atoms with E-state index in [9.17, 15) is 14.4 Å². The molecule has 0 amide bonds. The van der Waals surface area contributed by atoms with Crippen molar-refractivity contribution in [2.75, 3.05) is 13.2 Å². The summed E-state index contributed by atoms with van der Waals surface area (Å²) in [5, 5.41) is 0.552. The summed E-state index contributed by atoms with van der Waals surface area (Å²) in [6, 6.07) is 11.3. The van der Waals surface area contributed by atoms with Gasteiger partial charge in [0.05, 0.1) is 35.1 Å². The van der Waals surface area contributed by atoms with Crippen molar-refractivity contribution in [3.63, 3.8) is 0 Å². The Morgan fingerprint density at radius 2 is 1.92 bits per heavy atom. The van der Waals surface area contributed by atoms with Gasteiger partial charge in [0.1, 0.15) is 0 Å². The Morgan fingerprint density at radius 3 is 2.59 bits per heavy atom. The van der Waals surface area contributed by atoms with Gasteiger partial charge in [-0.1, -0.05) is 41.1 Å². The van der Waals surface area contributed by atoms with E-state index in [0.29, 0.717) is 38.0 Å². The van der Waals surface area contributed by atoms with Crippen molar-refractivity contribution < 1.29 is 23.8 Å². The first-order chi connectivity index (χ1) is 17.7. The van der Waals surface area contributed by atoms with Crippen LogP contribution in [0.25, 0.3) is 6.08 Å². The predicted molar refractivity (Wildman–Crippen MR) is 141 cm³/mol. The lowest BCUT2D eigenvalue weighted by molar-refractivity contribution is -0.139. The van der Waals surface area contributed by atoms with Crippen molar-refractivity contribution >= 4 is 41.0 Å². The minimum Gasteiger partial charge on any atom is -0.490 e. The summed E-state index contributed by atoms with van der Waals surface area (Å²) in [6.07, 6.45) is 1.74. The van der Waals surface area contributed by atoms with Crippen LogP contribution < -0.4 is 24.4 Å². The maximum Gasteiger partial charge on any atom is 0.338 e. The molecule has 0 radical (unpaired) electrons. The number of thiazole rings is 1. The molecule has 1 aromatic heterocycles. The second-order valence-corrected chi connectivity index (χ2v) is 9.54. The lowest BCUT2D eigenvalue weighted by Crippen LogP contribution is -2.40. The van der Waals surface area contributed by atoms with Gasteiger partial charge in [-0.3, -0.25) is 14.2 Å². The average Bonchev–Trinajstić information content (AvgIpc) is 3.13. The molecule has 2 heterocycles. The van der Waals surface area contributed by atoms with Crippen molar-refractivity contribution in [3.8, 4) is 11.5 Å². The summed E-state index contributed by atoms with van der Waals surface area (Å²) < 4.78 is 18.3. The first kappa shape index (κ1) is 26.4. The third kappa shape index (κ3) is 5.52. The van der Waals surface area contributed by atoms with E-state index >= 15 is 0 Å². The van der Waals surface area contributed by atoms with Crippen molar-refractivity contribution in [1.82, 2.24) is 4.57 Å². The fourth-order valence-corrected chi connectivity index (χ4v) is 5.30. The van der Waals surface area contributed by atoms with Crippen LogP contribution in [0, 0.1) is 0 Å². The highest BCUT2D eigenvalue weighted by Gasteiger charge is 2.34. The van der Waals surface area contributed by atoms with Gasteiger partial charge in [-0.05, 0) is 62.2 Å². The Balaban J connectivity index is 1.95. The molecule has 1 atom stereocenters. The van der Waals surface area contributed by atoms with Gasteiger partial charge in [0.2, 0.25) is 0 Å². The van der Waals surface area contributed by atoms with E-state index in [1.54, 1.807) is 63.2 Å². The third-order valence-corrected chi connectivity index (χ3v) is 6.72. The minimum atomic E-state index is -0.831. The van der Waals surface area contributed by atoms with Crippen LogP contribution in [0.15, 0.2) is 63.5 Å². The maximum absolute atomic E-state index is 13.7. The van der Waals surface area contributed by atoms with Gasteiger partial charge in [0.25, 0.3) is 5.56 Å². The van der Waals surface area contributed by atoms with E-state index in [2.05, 4.69) is 4.99 Å². The molecule has 0 spiro atoms. The first-order valence-corrected chi connectivity index (χ1v) is 12.8. The highest BCUT2D eigenvalue weighted by molar-refractivity contribution is 7.07. The van der Waals surface area contributed by atoms with Crippen LogP contribution >= 0.6 is 22.9 Å². The number of rotatable bonds is 7. The smallest absolute Gasteiger partial charge is 0.338 e. The first-order valence-electron chi connectivity index (χ1n) is 11.6. The largest absolute Gasteiger partial charge is 0.490 e. The number of ether oxygens (including phenoxy) is 3. The second-order valence-electron chi connectivity index (χ2n) is 8.09. The standard InChI is InChI=1S/C27H25ClN2O6S/c1-5-34-21-14-18(10-11-20(21)36-16(4)31)24-23(26(33)35-6-2)15(3)29-27-30(24)25(32)22(37-27)13-17-8-7-9-19(28)12-17/h7-14,24H,5-6H2,1-4H3/b22-13-/t24-/m0/s1. The number of carbonyl (C=O) groups excluding carboxylic acids is 2. The SMILES string of the molecule is CCOC(=O)C1=C(C)N=c2s/c(=C\c3cccc(Cl)c3)c(=O)n2[C@H]1c1ccc(OC(C)=O)c(OCC)c1. The minimum absolute atomic E-state index is 0.164. The zero-order chi connectivity index (χ0) is 26.7. The van der Waals surface area contributed by atoms with Crippen molar-refractivity contribution in [2.24, 2.45) is 4.99 Å². The quantitative estimate of drug-likeness (QED) is 0.334. The number of halogens is 1. The molecule has 0 unspecified atom stereocenters. The lowest BCUT2D eigenvalue weighted by Gasteiger charge is -2.25. The van der Waals surface area contributed by atoms with Gasteiger partial charge >= 0.3 is 11.9 Å². The number of aromatic nitrogens is 1. The van der Waals surface area contributed by atoms with Crippen LogP contribution in [0.1, 0.15) is 44.9 Å². The van der Waals surface area contributed by atoms with Gasteiger partial charge in [0, 0.05) is 11.9 Å². The van der Waals surface area contributed by atoms with Crippen molar-refractivity contribution in [2.45, 2.75) is 33.7 Å². The number of hydrogen-bond acceptors (Lipinski definition) is 8. The molecular formula is C27H25ClN2O6S. The fourth-order valence-electron chi connectivity index (χ4n) is 4.06. The fraction of sp³-hybridized carbons (Fsp3) is 0.259. The molecule has 0 bridgehead atoms. The zero-order valence-electron chi connectivity index (χ0n) is 20.7. The number of benzene rings is 2. The Bertz CT molecular complexity index is 1590. The Hall–Kier alpha value is -3.69. The van der Waals surface area contributed by atoms with E-state index in [1.165, 1.54) is 22.8 Å². The Morgan fingerprint density at radius 1 is 1.14 bits per heavy atom. The summed E-state index contributed by atoms with van der Waals surface area (Å²) >= 11 is 7.34. The average molecular weight is 541 g/mol. The van der Waals surface area contributed by atoms with Gasteiger partial charge in [0.15, 0.2) is 16.3 Å². The molecule has 1 aliphatic rings. The lowest BCUT2D eigenvalue weighted by atomic mass is 9.95. The maximum atomic E-state index is 13.7. The zero-order valence-corrected chi connectivity index (χ0v) is 22.3. The van der Waals surface area contributed by atoms with Crippen molar-refractivity contribution in [3.05, 3.63) is 89.6 Å². The van der Waals surface area contributed by atoms with Gasteiger partial charge in [-0.25, -0.2) is 9.79 Å². The molecule has 4 rings (SSSR count). The Kier molecular flexibility index (Phi) is 7.94. The molecule has 37 heavy (non-hydrogen) atoms. The van der Waals surface area contributed by atoms with Crippen molar-refractivity contribution in [1.29, 1.82) is 0 Å². The summed E-state index contributed by atoms with van der Waals surface area (Å²) in [6.45, 7) is 7.01. The molecule has 3 aromatic rings. The number of carbonyl (C=O) groups is 2. The highest BCUT2D eigenvalue weighted by Crippen LogP contribution is 2.36. The third-order valence-electron chi connectivity index (χ3n) is 5.50. The molecular weight excluding hydrogens is 516 g/mol.